The van der Waals surface area contributed by atoms with Crippen LogP contribution in [0.1, 0.15) is 77.1 Å². The smallest absolute Gasteiger partial charge is 0.407 e. The lowest BCUT2D eigenvalue weighted by atomic mass is 10.0. The van der Waals surface area contributed by atoms with Crippen LogP contribution in [0.4, 0.5) is 9.59 Å². The van der Waals surface area contributed by atoms with Gasteiger partial charge in [-0.3, -0.25) is 9.59 Å². The van der Waals surface area contributed by atoms with Gasteiger partial charge in [-0.05, 0) is 73.9 Å². The topological polar surface area (TPSA) is 193 Å². The maximum absolute atomic E-state index is 13.6. The minimum Gasteiger partial charge on any atom is -0.453 e. The Hall–Kier alpha value is -6.06. The molecule has 0 saturated carbocycles. The first kappa shape index (κ1) is 38.2. The molecular weight excluding hydrogens is 720 g/mol. The molecule has 2 aromatic heterocycles. The maximum Gasteiger partial charge on any atom is 0.407 e. The summed E-state index contributed by atoms with van der Waals surface area (Å²) in [6, 6.07) is 9.33. The van der Waals surface area contributed by atoms with E-state index in [4.69, 9.17) is 18.9 Å². The highest BCUT2D eigenvalue weighted by molar-refractivity contribution is 5.87. The summed E-state index contributed by atoms with van der Waals surface area (Å²) in [6.07, 6.45) is 5.31. The SMILES string of the molecule is COC(=O)N[C@H](C(=O)N1CCC[C@H]1c1ncc(-c2ccc3c(c2)Oc2cc(-c4cnc([C@@H]5CCCN5C(=O)[C@@H](NC(=O)OC)C(C)C)[nH]4)ccc2O3)[nH]1)C(C)C. The molecule has 4 N–H and O–H groups in total. The average molecular weight is 769 g/mol. The molecule has 2 saturated heterocycles. The van der Waals surface area contributed by atoms with Crippen LogP contribution in [0.15, 0.2) is 48.8 Å². The highest BCUT2D eigenvalue weighted by atomic mass is 16.6. The van der Waals surface area contributed by atoms with Crippen molar-refractivity contribution in [3.63, 3.8) is 0 Å². The van der Waals surface area contributed by atoms with Crippen molar-refractivity contribution in [3.05, 3.63) is 60.4 Å². The number of hydrogen-bond donors (Lipinski definition) is 4. The minimum atomic E-state index is -0.719. The maximum atomic E-state index is 13.6. The van der Waals surface area contributed by atoms with Crippen molar-refractivity contribution in [1.29, 1.82) is 0 Å². The van der Waals surface area contributed by atoms with Gasteiger partial charge in [-0.1, -0.05) is 27.7 Å². The highest BCUT2D eigenvalue weighted by Gasteiger charge is 2.39. The van der Waals surface area contributed by atoms with E-state index in [9.17, 15) is 19.2 Å². The van der Waals surface area contributed by atoms with Crippen molar-refractivity contribution in [1.82, 2.24) is 40.4 Å². The molecule has 4 aromatic rings. The molecule has 0 aliphatic carbocycles. The number of nitrogens with one attached hydrogen (secondary N) is 4. The molecule has 3 aliphatic heterocycles. The zero-order valence-electron chi connectivity index (χ0n) is 32.4. The van der Waals surface area contributed by atoms with Crippen molar-refractivity contribution in [2.24, 2.45) is 11.8 Å². The number of carbonyl (C=O) groups excluding carboxylic acids is 4. The fourth-order valence-corrected chi connectivity index (χ4v) is 7.61. The van der Waals surface area contributed by atoms with Gasteiger partial charge in [0.2, 0.25) is 11.8 Å². The van der Waals surface area contributed by atoms with Crippen molar-refractivity contribution in [2.45, 2.75) is 77.5 Å². The second-order valence-corrected chi connectivity index (χ2v) is 15.0. The molecule has 2 aromatic carbocycles. The van der Waals surface area contributed by atoms with E-state index in [2.05, 4.69) is 30.6 Å². The lowest BCUT2D eigenvalue weighted by Crippen LogP contribution is -2.51. The molecule has 4 atom stereocenters. The van der Waals surface area contributed by atoms with Crippen molar-refractivity contribution >= 4 is 24.0 Å². The molecule has 0 unspecified atom stereocenters. The Kier molecular flexibility index (Phi) is 10.9. The number of fused-ring (bicyclic) bond motifs is 2. The molecule has 16 nitrogen and oxygen atoms in total. The molecule has 16 heteroatoms. The number of carbonyl (C=O) groups is 4. The molecule has 7 rings (SSSR count). The standard InChI is InChI=1S/C40H48N8O8/c1-21(2)33(45-39(51)53-5)37(49)47-15-7-9-27(47)35-41-19-25(43-35)23-11-13-29-31(17-23)56-32-18-24(12-14-30(32)55-29)26-20-42-36(44-26)28-10-8-16-48(28)38(50)34(22(3)4)46-40(52)54-6/h11-14,17-22,27-28,33-34H,7-10,15-16H2,1-6H3,(H,41,43)(H,42,44)(H,45,51)(H,46,52)/t27-,28-,33-,34-/m0/s1. The number of H-pyrrole nitrogens is 2. The Labute approximate surface area is 324 Å². The summed E-state index contributed by atoms with van der Waals surface area (Å²) in [5, 5.41) is 5.37. The van der Waals surface area contributed by atoms with Gasteiger partial charge in [0.25, 0.3) is 0 Å². The van der Waals surface area contributed by atoms with Crippen molar-refractivity contribution in [2.75, 3.05) is 27.3 Å². The summed E-state index contributed by atoms with van der Waals surface area (Å²) >= 11 is 0. The number of nitrogens with zero attached hydrogens (tertiary/aromatic N) is 4. The van der Waals surface area contributed by atoms with Crippen LogP contribution in [0.3, 0.4) is 0 Å². The van der Waals surface area contributed by atoms with Crippen LogP contribution >= 0.6 is 0 Å². The molecule has 0 bridgehead atoms. The quantitative estimate of drug-likeness (QED) is 0.123. The van der Waals surface area contributed by atoms with E-state index < -0.39 is 24.3 Å². The third-order valence-corrected chi connectivity index (χ3v) is 10.6. The first-order chi connectivity index (χ1) is 26.9. The number of alkyl carbamates (subject to hydrolysis) is 2. The van der Waals surface area contributed by atoms with E-state index in [1.807, 2.05) is 64.1 Å². The minimum absolute atomic E-state index is 0.132. The molecule has 2 fully saturated rings. The van der Waals surface area contributed by atoms with Gasteiger partial charge in [-0.15, -0.1) is 0 Å². The number of likely N-dealkylation sites (tertiary alicyclic amines) is 2. The zero-order valence-corrected chi connectivity index (χ0v) is 32.4. The number of methoxy groups -OCH3 is 2. The zero-order chi connectivity index (χ0) is 39.7. The molecule has 5 heterocycles. The average Bonchev–Trinajstić information content (AvgIpc) is 4.03. The largest absolute Gasteiger partial charge is 0.453 e. The molecule has 3 aliphatic rings. The Morgan fingerprint density at radius 1 is 0.679 bits per heavy atom. The lowest BCUT2D eigenvalue weighted by Gasteiger charge is -2.30. The second-order valence-electron chi connectivity index (χ2n) is 15.0. The molecule has 56 heavy (non-hydrogen) atoms. The number of rotatable bonds is 10. The van der Waals surface area contributed by atoms with Crippen LogP contribution in [0.5, 0.6) is 23.0 Å². The summed E-state index contributed by atoms with van der Waals surface area (Å²) in [7, 11) is 2.56. The van der Waals surface area contributed by atoms with Gasteiger partial charge in [0.05, 0.1) is 50.1 Å². The van der Waals surface area contributed by atoms with Crippen LogP contribution in [-0.4, -0.2) is 93.1 Å². The van der Waals surface area contributed by atoms with Gasteiger partial charge < -0.3 is 49.3 Å². The first-order valence-corrected chi connectivity index (χ1v) is 19.0. The van der Waals surface area contributed by atoms with Gasteiger partial charge in [0.15, 0.2) is 23.0 Å². The molecule has 0 radical (unpaired) electrons. The number of hydrogen-bond acceptors (Lipinski definition) is 10. The second kappa shape index (κ2) is 16.0. The molecule has 0 spiro atoms. The number of benzene rings is 2. The van der Waals surface area contributed by atoms with Crippen LogP contribution in [0.2, 0.25) is 0 Å². The van der Waals surface area contributed by atoms with E-state index in [0.29, 0.717) is 47.7 Å². The Morgan fingerprint density at radius 3 is 1.48 bits per heavy atom. The molecular formula is C40H48N8O8. The predicted molar refractivity (Wildman–Crippen MR) is 204 cm³/mol. The number of ether oxygens (including phenoxy) is 4. The first-order valence-electron chi connectivity index (χ1n) is 19.0. The van der Waals surface area contributed by atoms with E-state index in [1.165, 1.54) is 14.2 Å². The summed E-state index contributed by atoms with van der Waals surface area (Å²) in [4.78, 5) is 70.9. The van der Waals surface area contributed by atoms with Crippen LogP contribution in [0, 0.1) is 11.8 Å². The summed E-state index contributed by atoms with van der Waals surface area (Å²) in [5.74, 6) is 2.91. The Morgan fingerprint density at radius 2 is 1.09 bits per heavy atom. The number of aromatic amines is 2. The normalized spacial score (nSPS) is 18.4. The summed E-state index contributed by atoms with van der Waals surface area (Å²) in [6.45, 7) is 8.66. The van der Waals surface area contributed by atoms with Crippen molar-refractivity contribution in [3.8, 4) is 45.5 Å². The van der Waals surface area contributed by atoms with Crippen molar-refractivity contribution < 1.29 is 38.1 Å². The highest BCUT2D eigenvalue weighted by Crippen LogP contribution is 2.48. The van der Waals surface area contributed by atoms with Gasteiger partial charge >= 0.3 is 12.2 Å². The van der Waals surface area contributed by atoms with E-state index in [-0.39, 0.29) is 35.7 Å². The van der Waals surface area contributed by atoms with Crippen LogP contribution in [0.25, 0.3) is 22.5 Å². The third kappa shape index (κ3) is 7.59. The summed E-state index contributed by atoms with van der Waals surface area (Å²) < 4.78 is 22.1. The molecule has 4 amide bonds. The fourth-order valence-electron chi connectivity index (χ4n) is 7.61. The predicted octanol–water partition coefficient (Wildman–Crippen LogP) is 6.45. The number of imidazole rings is 2. The Balaban J connectivity index is 1.05. The molecule has 296 valence electrons. The van der Waals surface area contributed by atoms with E-state index in [0.717, 1.165) is 48.2 Å². The summed E-state index contributed by atoms with van der Waals surface area (Å²) in [5.41, 5.74) is 3.15. The number of aromatic nitrogens is 4. The van der Waals surface area contributed by atoms with Gasteiger partial charge in [0, 0.05) is 24.2 Å². The fraction of sp³-hybridized carbons (Fsp3) is 0.450. The van der Waals surface area contributed by atoms with Gasteiger partial charge in [0.1, 0.15) is 23.7 Å². The number of amides is 4. The van der Waals surface area contributed by atoms with E-state index in [1.54, 1.807) is 22.2 Å². The van der Waals surface area contributed by atoms with Crippen LogP contribution in [-0.2, 0) is 19.1 Å². The van der Waals surface area contributed by atoms with Crippen LogP contribution < -0.4 is 20.1 Å². The van der Waals surface area contributed by atoms with Gasteiger partial charge in [-0.25, -0.2) is 19.6 Å². The lowest BCUT2D eigenvalue weighted by molar-refractivity contribution is -0.136. The van der Waals surface area contributed by atoms with E-state index >= 15 is 0 Å². The third-order valence-electron chi connectivity index (χ3n) is 10.6. The monoisotopic (exact) mass is 768 g/mol. The van der Waals surface area contributed by atoms with Gasteiger partial charge in [-0.2, -0.15) is 0 Å². The Bertz CT molecular complexity index is 1960.